The molecule has 0 saturated carbocycles. The van der Waals surface area contributed by atoms with Gasteiger partial charge in [0.15, 0.2) is 0 Å². The Morgan fingerprint density at radius 1 is 1.19 bits per heavy atom. The predicted molar refractivity (Wildman–Crippen MR) is 86.1 cm³/mol. The quantitative estimate of drug-likeness (QED) is 0.882. The van der Waals surface area contributed by atoms with Crippen LogP contribution in [0.3, 0.4) is 0 Å². The van der Waals surface area contributed by atoms with Crippen molar-refractivity contribution >= 4 is 29.3 Å². The highest BCUT2D eigenvalue weighted by atomic mass is 35.5. The number of likely N-dealkylation sites (tertiary alicyclic amines) is 1. The van der Waals surface area contributed by atoms with Crippen LogP contribution < -0.4 is 0 Å². The molecule has 1 fully saturated rings. The number of esters is 1. The molecule has 1 aliphatic rings. The normalized spacial score (nSPS) is 15.6. The lowest BCUT2D eigenvalue weighted by Crippen LogP contribution is -2.33. The van der Waals surface area contributed by atoms with Gasteiger partial charge in [0, 0.05) is 17.4 Å². The smallest absolute Gasteiger partial charge is 0.354 e. The molecular weight excluding hydrogens is 288 g/mol. The van der Waals surface area contributed by atoms with Crippen LogP contribution in [0.5, 0.6) is 0 Å². The number of aromatic amines is 1. The van der Waals surface area contributed by atoms with Gasteiger partial charge in [0.05, 0.1) is 0 Å². The summed E-state index contributed by atoms with van der Waals surface area (Å²) in [5.41, 5.74) is 1.50. The lowest BCUT2D eigenvalue weighted by molar-refractivity contribution is 0.0446. The van der Waals surface area contributed by atoms with E-state index in [1.54, 1.807) is 0 Å². The summed E-state index contributed by atoms with van der Waals surface area (Å²) in [6.07, 6.45) is 3.84. The van der Waals surface area contributed by atoms with Crippen LogP contribution in [0.15, 0.2) is 30.3 Å². The van der Waals surface area contributed by atoms with Crippen molar-refractivity contribution in [3.05, 3.63) is 36.0 Å². The Hall–Kier alpha value is -1.52. The van der Waals surface area contributed by atoms with Crippen molar-refractivity contribution in [1.82, 2.24) is 9.88 Å². The molecule has 2 aromatic rings. The lowest BCUT2D eigenvalue weighted by Gasteiger charge is -2.25. The first-order valence-corrected chi connectivity index (χ1v) is 7.30. The average Bonchev–Trinajstić information content (AvgIpc) is 2.92. The summed E-state index contributed by atoms with van der Waals surface area (Å²) in [6, 6.07) is 9.70. The molecule has 0 atom stereocenters. The molecule has 1 aromatic carbocycles. The monoisotopic (exact) mass is 308 g/mol. The van der Waals surface area contributed by atoms with Gasteiger partial charge >= 0.3 is 5.97 Å². The number of nitrogens with zero attached hydrogens (tertiary/aromatic N) is 1. The second kappa shape index (κ2) is 7.48. The van der Waals surface area contributed by atoms with Gasteiger partial charge in [0.2, 0.25) is 0 Å². The Morgan fingerprint density at radius 2 is 1.95 bits per heavy atom. The van der Waals surface area contributed by atoms with Crippen molar-refractivity contribution in [2.75, 3.05) is 26.2 Å². The van der Waals surface area contributed by atoms with Gasteiger partial charge in [0.25, 0.3) is 0 Å². The first-order chi connectivity index (χ1) is 9.83. The van der Waals surface area contributed by atoms with E-state index in [1.807, 2.05) is 30.3 Å². The lowest BCUT2D eigenvalue weighted by atomic mass is 10.1. The van der Waals surface area contributed by atoms with E-state index in [0.29, 0.717) is 12.3 Å². The van der Waals surface area contributed by atoms with Crippen molar-refractivity contribution in [3.63, 3.8) is 0 Å². The van der Waals surface area contributed by atoms with Gasteiger partial charge < -0.3 is 9.72 Å². The molecule has 0 aliphatic carbocycles. The van der Waals surface area contributed by atoms with E-state index in [2.05, 4.69) is 9.88 Å². The number of rotatable bonds is 4. The zero-order valence-electron chi connectivity index (χ0n) is 12.0. The van der Waals surface area contributed by atoms with Gasteiger partial charge in [-0.3, -0.25) is 4.90 Å². The van der Waals surface area contributed by atoms with Crippen LogP contribution in [0.2, 0.25) is 0 Å². The number of nitrogens with one attached hydrogen (secondary N) is 1. The molecule has 0 amide bonds. The molecule has 0 radical (unpaired) electrons. The Morgan fingerprint density at radius 3 is 2.71 bits per heavy atom. The Kier molecular flexibility index (Phi) is 5.65. The molecule has 1 aromatic heterocycles. The highest BCUT2D eigenvalue weighted by Crippen LogP contribution is 2.15. The zero-order chi connectivity index (χ0) is 13.8. The summed E-state index contributed by atoms with van der Waals surface area (Å²) >= 11 is 0. The third-order valence-corrected chi connectivity index (χ3v) is 3.84. The summed E-state index contributed by atoms with van der Waals surface area (Å²) in [5, 5.41) is 1.04. The van der Waals surface area contributed by atoms with E-state index in [-0.39, 0.29) is 18.4 Å². The fourth-order valence-corrected chi connectivity index (χ4v) is 2.71. The Balaban J connectivity index is 0.00000161. The molecule has 0 bridgehead atoms. The van der Waals surface area contributed by atoms with Gasteiger partial charge in [-0.15, -0.1) is 12.4 Å². The number of halogens is 1. The van der Waals surface area contributed by atoms with E-state index in [0.717, 1.165) is 30.5 Å². The van der Waals surface area contributed by atoms with Crippen LogP contribution in [0.4, 0.5) is 0 Å². The maximum atomic E-state index is 12.0. The van der Waals surface area contributed by atoms with E-state index >= 15 is 0 Å². The minimum atomic E-state index is -0.266. The van der Waals surface area contributed by atoms with Gasteiger partial charge in [-0.2, -0.15) is 0 Å². The number of carbonyl (C=O) groups is 1. The zero-order valence-corrected chi connectivity index (χ0v) is 12.8. The summed E-state index contributed by atoms with van der Waals surface area (Å²) in [4.78, 5) is 17.4. The largest absolute Gasteiger partial charge is 0.460 e. The summed E-state index contributed by atoms with van der Waals surface area (Å²) in [5.74, 6) is -0.266. The van der Waals surface area contributed by atoms with Gasteiger partial charge in [-0.25, -0.2) is 4.79 Å². The summed E-state index contributed by atoms with van der Waals surface area (Å²) < 4.78 is 5.35. The number of ether oxygens (including phenoxy) is 1. The second-order valence-corrected chi connectivity index (χ2v) is 5.31. The van der Waals surface area contributed by atoms with Crippen LogP contribution in [0, 0.1) is 0 Å². The maximum Gasteiger partial charge on any atom is 0.354 e. The third-order valence-electron chi connectivity index (χ3n) is 3.84. The molecule has 114 valence electrons. The molecule has 3 rings (SSSR count). The van der Waals surface area contributed by atoms with E-state index in [9.17, 15) is 4.79 Å². The first-order valence-electron chi connectivity index (χ1n) is 7.30. The minimum absolute atomic E-state index is 0. The minimum Gasteiger partial charge on any atom is -0.460 e. The number of hydrogen-bond acceptors (Lipinski definition) is 3. The van der Waals surface area contributed by atoms with Crippen molar-refractivity contribution in [3.8, 4) is 0 Å². The Bertz CT molecular complexity index is 558. The number of carbonyl (C=O) groups excluding carboxylic acids is 1. The van der Waals surface area contributed by atoms with E-state index < -0.39 is 0 Å². The molecule has 2 heterocycles. The van der Waals surface area contributed by atoms with Crippen LogP contribution in [-0.2, 0) is 4.74 Å². The van der Waals surface area contributed by atoms with E-state index in [1.165, 1.54) is 19.3 Å². The first kappa shape index (κ1) is 15.9. The summed E-state index contributed by atoms with van der Waals surface area (Å²) in [6.45, 7) is 3.56. The average molecular weight is 309 g/mol. The molecule has 1 saturated heterocycles. The maximum absolute atomic E-state index is 12.0. The highest BCUT2D eigenvalue weighted by molar-refractivity contribution is 5.94. The molecule has 1 N–H and O–H groups in total. The van der Waals surface area contributed by atoms with Crippen LogP contribution in [-0.4, -0.2) is 42.1 Å². The third kappa shape index (κ3) is 3.99. The fraction of sp³-hybridized carbons (Fsp3) is 0.438. The van der Waals surface area contributed by atoms with Gasteiger partial charge in [-0.05, 0) is 38.1 Å². The van der Waals surface area contributed by atoms with Crippen LogP contribution in [0.1, 0.15) is 29.8 Å². The highest BCUT2D eigenvalue weighted by Gasteiger charge is 2.13. The number of para-hydroxylation sites is 1. The van der Waals surface area contributed by atoms with Gasteiger partial charge in [0.1, 0.15) is 12.3 Å². The number of benzene rings is 1. The molecule has 4 nitrogen and oxygen atoms in total. The molecular formula is C16H21ClN2O2. The topological polar surface area (TPSA) is 45.3 Å². The van der Waals surface area contributed by atoms with E-state index in [4.69, 9.17) is 4.74 Å². The molecule has 21 heavy (non-hydrogen) atoms. The Labute approximate surface area is 130 Å². The SMILES string of the molecule is Cl.O=C(OCCN1CCCCC1)c1cc2ccccc2[nH]1. The van der Waals surface area contributed by atoms with Crippen molar-refractivity contribution in [1.29, 1.82) is 0 Å². The van der Waals surface area contributed by atoms with Crippen molar-refractivity contribution < 1.29 is 9.53 Å². The molecule has 0 spiro atoms. The molecule has 5 heteroatoms. The number of hydrogen-bond donors (Lipinski definition) is 1. The molecule has 1 aliphatic heterocycles. The fourth-order valence-electron chi connectivity index (χ4n) is 2.71. The van der Waals surface area contributed by atoms with Crippen molar-refractivity contribution in [2.45, 2.75) is 19.3 Å². The standard InChI is InChI=1S/C16H20N2O2.ClH/c19-16(20-11-10-18-8-4-1-5-9-18)15-12-13-6-2-3-7-14(13)17-15;/h2-3,6-7,12,17H,1,4-5,8-11H2;1H. The van der Waals surface area contributed by atoms with Crippen LogP contribution >= 0.6 is 12.4 Å². The number of fused-ring (bicyclic) bond motifs is 1. The number of piperidine rings is 1. The van der Waals surface area contributed by atoms with Crippen molar-refractivity contribution in [2.24, 2.45) is 0 Å². The predicted octanol–water partition coefficient (Wildman–Crippen LogP) is 3.23. The number of aromatic nitrogens is 1. The van der Waals surface area contributed by atoms with Gasteiger partial charge in [-0.1, -0.05) is 24.6 Å². The summed E-state index contributed by atoms with van der Waals surface area (Å²) in [7, 11) is 0. The number of H-pyrrole nitrogens is 1. The molecule has 0 unspecified atom stereocenters. The second-order valence-electron chi connectivity index (χ2n) is 5.31. The van der Waals surface area contributed by atoms with Crippen LogP contribution in [0.25, 0.3) is 10.9 Å².